The maximum Gasteiger partial charge on any atom is 0.337 e. The number of ether oxygens (including phenoxy) is 2. The molecular weight excluding hydrogens is 372 g/mol. The van der Waals surface area contributed by atoms with Crippen molar-refractivity contribution >= 4 is 11.9 Å². The second-order valence-corrected chi connectivity index (χ2v) is 6.66. The molecule has 7 nitrogen and oxygen atoms in total. The zero-order chi connectivity index (χ0) is 21.6. The Bertz CT molecular complexity index is 743. The summed E-state index contributed by atoms with van der Waals surface area (Å²) in [5, 5.41) is 11.7. The van der Waals surface area contributed by atoms with Crippen molar-refractivity contribution in [2.45, 2.75) is 20.3 Å². The molecule has 0 unspecified atom stereocenters. The van der Waals surface area contributed by atoms with Gasteiger partial charge in [0.2, 0.25) is 0 Å². The summed E-state index contributed by atoms with van der Waals surface area (Å²) in [6.45, 7) is 6.04. The van der Waals surface area contributed by atoms with Gasteiger partial charge in [-0.15, -0.1) is 0 Å². The van der Waals surface area contributed by atoms with Gasteiger partial charge in [0.15, 0.2) is 0 Å². The van der Waals surface area contributed by atoms with Gasteiger partial charge in [0.05, 0.1) is 19.3 Å². The van der Waals surface area contributed by atoms with Crippen molar-refractivity contribution in [1.29, 1.82) is 0 Å². The average molecular weight is 402 g/mol. The molecule has 0 atom stereocenters. The van der Waals surface area contributed by atoms with Crippen LogP contribution in [0.3, 0.4) is 0 Å². The smallest absolute Gasteiger partial charge is 0.337 e. The standard InChI is InChI=1S/C14H22N2O2.C8H8O3/c1-11(2)10-16-14(17)12-4-6-13(7-5-12)18-9-3-8-15;1-11-8(10)6-2-4-7(9)5-3-6/h4-7,11H,3,8-10,15H2,1-2H3,(H,16,17);2-5,9H,1H3. The van der Waals surface area contributed by atoms with Crippen LogP contribution in [-0.2, 0) is 4.74 Å². The van der Waals surface area contributed by atoms with Gasteiger partial charge < -0.3 is 25.6 Å². The fourth-order valence-electron chi connectivity index (χ4n) is 2.09. The molecule has 4 N–H and O–H groups in total. The lowest BCUT2D eigenvalue weighted by atomic mass is 10.2. The number of nitrogens with one attached hydrogen (secondary N) is 1. The number of phenolic OH excluding ortho intramolecular Hbond substituents is 1. The topological polar surface area (TPSA) is 111 Å². The van der Waals surface area contributed by atoms with Crippen molar-refractivity contribution in [3.05, 3.63) is 59.7 Å². The number of hydrogen-bond donors (Lipinski definition) is 3. The largest absolute Gasteiger partial charge is 0.508 e. The van der Waals surface area contributed by atoms with Crippen LogP contribution in [0.1, 0.15) is 41.0 Å². The lowest BCUT2D eigenvalue weighted by Gasteiger charge is -2.09. The van der Waals surface area contributed by atoms with Gasteiger partial charge in [0.25, 0.3) is 5.91 Å². The van der Waals surface area contributed by atoms with Crippen LogP contribution in [0.25, 0.3) is 0 Å². The Labute approximate surface area is 171 Å². The number of rotatable bonds is 8. The molecule has 0 aliphatic rings. The third kappa shape index (κ3) is 9.62. The minimum atomic E-state index is -0.398. The molecule has 0 radical (unpaired) electrons. The molecule has 29 heavy (non-hydrogen) atoms. The molecule has 2 aromatic rings. The number of amides is 1. The highest BCUT2D eigenvalue weighted by Gasteiger charge is 2.06. The van der Waals surface area contributed by atoms with Crippen LogP contribution < -0.4 is 15.8 Å². The molecule has 0 fully saturated rings. The van der Waals surface area contributed by atoms with E-state index in [0.29, 0.717) is 36.7 Å². The van der Waals surface area contributed by atoms with Crippen LogP contribution in [0.5, 0.6) is 11.5 Å². The monoisotopic (exact) mass is 402 g/mol. The van der Waals surface area contributed by atoms with Gasteiger partial charge in [0, 0.05) is 12.1 Å². The summed E-state index contributed by atoms with van der Waals surface area (Å²) in [6, 6.07) is 13.0. The Kier molecular flexibility index (Phi) is 10.9. The van der Waals surface area contributed by atoms with Gasteiger partial charge in [-0.3, -0.25) is 4.79 Å². The summed E-state index contributed by atoms with van der Waals surface area (Å²) in [4.78, 5) is 22.6. The number of carbonyl (C=O) groups excluding carboxylic acids is 2. The summed E-state index contributed by atoms with van der Waals surface area (Å²) in [5.41, 5.74) is 6.47. The van der Waals surface area contributed by atoms with Crippen molar-refractivity contribution < 1.29 is 24.2 Å². The van der Waals surface area contributed by atoms with E-state index in [4.69, 9.17) is 15.6 Å². The normalized spacial score (nSPS) is 9.97. The summed E-state index contributed by atoms with van der Waals surface area (Å²) in [7, 11) is 1.31. The molecule has 1 amide bonds. The zero-order valence-corrected chi connectivity index (χ0v) is 17.2. The third-order valence-electron chi connectivity index (χ3n) is 3.69. The van der Waals surface area contributed by atoms with Crippen molar-refractivity contribution in [2.24, 2.45) is 11.7 Å². The van der Waals surface area contributed by atoms with E-state index in [-0.39, 0.29) is 11.7 Å². The van der Waals surface area contributed by atoms with Gasteiger partial charge in [-0.1, -0.05) is 13.8 Å². The quantitative estimate of drug-likeness (QED) is 0.462. The molecule has 0 saturated carbocycles. The molecule has 0 spiro atoms. The summed E-state index contributed by atoms with van der Waals surface area (Å²) in [6.07, 6.45) is 0.830. The van der Waals surface area contributed by atoms with E-state index in [1.54, 1.807) is 24.3 Å². The Morgan fingerprint density at radius 2 is 1.62 bits per heavy atom. The average Bonchev–Trinajstić information content (AvgIpc) is 2.73. The fourth-order valence-corrected chi connectivity index (χ4v) is 2.09. The minimum absolute atomic E-state index is 0.0443. The van der Waals surface area contributed by atoms with E-state index in [1.165, 1.54) is 31.4 Å². The molecule has 2 aromatic carbocycles. The third-order valence-corrected chi connectivity index (χ3v) is 3.69. The van der Waals surface area contributed by atoms with Crippen LogP contribution in [0.4, 0.5) is 0 Å². The molecule has 2 rings (SSSR count). The number of methoxy groups -OCH3 is 1. The predicted molar refractivity (Wildman–Crippen MR) is 112 cm³/mol. The van der Waals surface area contributed by atoms with Crippen LogP contribution in [-0.4, -0.2) is 43.8 Å². The molecule has 0 heterocycles. The van der Waals surface area contributed by atoms with Gasteiger partial charge in [-0.05, 0) is 67.4 Å². The number of nitrogens with two attached hydrogens (primary N) is 1. The Morgan fingerprint density at radius 1 is 1.03 bits per heavy atom. The second kappa shape index (κ2) is 13.2. The molecule has 0 aliphatic heterocycles. The van der Waals surface area contributed by atoms with Gasteiger partial charge in [-0.25, -0.2) is 4.79 Å². The molecule has 0 aliphatic carbocycles. The van der Waals surface area contributed by atoms with Crippen molar-refractivity contribution in [1.82, 2.24) is 5.32 Å². The lowest BCUT2D eigenvalue weighted by molar-refractivity contribution is 0.0600. The Balaban J connectivity index is 0.000000326. The number of phenols is 1. The first-order valence-corrected chi connectivity index (χ1v) is 9.45. The van der Waals surface area contributed by atoms with Crippen LogP contribution >= 0.6 is 0 Å². The first kappa shape index (κ1) is 24.0. The Hall–Kier alpha value is -3.06. The highest BCUT2D eigenvalue weighted by molar-refractivity contribution is 5.94. The molecule has 0 bridgehead atoms. The summed E-state index contributed by atoms with van der Waals surface area (Å²) in [5.74, 6) is 0.913. The van der Waals surface area contributed by atoms with Crippen LogP contribution in [0.2, 0.25) is 0 Å². The van der Waals surface area contributed by atoms with E-state index in [9.17, 15) is 9.59 Å². The SMILES string of the molecule is CC(C)CNC(=O)c1ccc(OCCCN)cc1.COC(=O)c1ccc(O)cc1. The van der Waals surface area contributed by atoms with Crippen molar-refractivity contribution in [2.75, 3.05) is 26.8 Å². The maximum absolute atomic E-state index is 11.8. The number of hydrogen-bond acceptors (Lipinski definition) is 6. The lowest BCUT2D eigenvalue weighted by Crippen LogP contribution is -2.27. The highest BCUT2D eigenvalue weighted by atomic mass is 16.5. The van der Waals surface area contributed by atoms with E-state index in [2.05, 4.69) is 23.9 Å². The molecule has 158 valence electrons. The number of aromatic hydroxyl groups is 1. The van der Waals surface area contributed by atoms with E-state index in [0.717, 1.165) is 12.2 Å². The minimum Gasteiger partial charge on any atom is -0.508 e. The number of carbonyl (C=O) groups is 2. The van der Waals surface area contributed by atoms with E-state index < -0.39 is 5.97 Å². The fraction of sp³-hybridized carbons (Fsp3) is 0.364. The zero-order valence-electron chi connectivity index (χ0n) is 17.2. The number of benzene rings is 2. The summed E-state index contributed by atoms with van der Waals surface area (Å²) < 4.78 is 9.92. The molecular formula is C22H30N2O5. The van der Waals surface area contributed by atoms with E-state index in [1.807, 2.05) is 0 Å². The highest BCUT2D eigenvalue weighted by Crippen LogP contribution is 2.12. The van der Waals surface area contributed by atoms with Gasteiger partial charge in [-0.2, -0.15) is 0 Å². The van der Waals surface area contributed by atoms with Crippen LogP contribution in [0, 0.1) is 5.92 Å². The molecule has 0 aromatic heterocycles. The van der Waals surface area contributed by atoms with Gasteiger partial charge in [0.1, 0.15) is 11.5 Å². The maximum atomic E-state index is 11.8. The first-order chi connectivity index (χ1) is 13.9. The molecule has 0 saturated heterocycles. The predicted octanol–water partition coefficient (Wildman–Crippen LogP) is 2.98. The van der Waals surface area contributed by atoms with E-state index >= 15 is 0 Å². The molecule has 7 heteroatoms. The first-order valence-electron chi connectivity index (χ1n) is 9.45. The Morgan fingerprint density at radius 3 is 2.14 bits per heavy atom. The van der Waals surface area contributed by atoms with Crippen molar-refractivity contribution in [3.63, 3.8) is 0 Å². The second-order valence-electron chi connectivity index (χ2n) is 6.66. The van der Waals surface area contributed by atoms with Gasteiger partial charge >= 0.3 is 5.97 Å². The summed E-state index contributed by atoms with van der Waals surface area (Å²) >= 11 is 0. The van der Waals surface area contributed by atoms with Crippen molar-refractivity contribution in [3.8, 4) is 11.5 Å². The number of esters is 1. The van der Waals surface area contributed by atoms with Crippen LogP contribution in [0.15, 0.2) is 48.5 Å².